The average Bonchev–Trinajstić information content (AvgIpc) is 2.88. The Morgan fingerprint density at radius 2 is 2.33 bits per heavy atom. The number of hydrogen-bond acceptors (Lipinski definition) is 4. The van der Waals surface area contributed by atoms with E-state index in [2.05, 4.69) is 0 Å². The number of carbonyl (C=O) groups excluding carboxylic acids is 1. The van der Waals surface area contributed by atoms with E-state index in [1.807, 2.05) is 0 Å². The molecule has 6 nitrogen and oxygen atoms in total. The minimum absolute atomic E-state index is 0.0157. The van der Waals surface area contributed by atoms with Crippen LogP contribution in [0.3, 0.4) is 0 Å². The SMILES string of the molecule is O=C(O)[C@@H]1COCN1C(=O)c1ccco1. The van der Waals surface area contributed by atoms with Crippen LogP contribution in [0.2, 0.25) is 0 Å². The molecule has 15 heavy (non-hydrogen) atoms. The van der Waals surface area contributed by atoms with Crippen LogP contribution in [-0.2, 0) is 9.53 Å². The fourth-order valence-electron chi connectivity index (χ4n) is 1.39. The van der Waals surface area contributed by atoms with Gasteiger partial charge in [0.15, 0.2) is 11.8 Å². The number of ether oxygens (including phenoxy) is 1. The van der Waals surface area contributed by atoms with Crippen LogP contribution in [0.1, 0.15) is 10.6 Å². The topological polar surface area (TPSA) is 80.0 Å². The van der Waals surface area contributed by atoms with E-state index in [9.17, 15) is 9.59 Å². The zero-order valence-corrected chi connectivity index (χ0v) is 7.75. The maximum Gasteiger partial charge on any atom is 0.328 e. The molecule has 0 radical (unpaired) electrons. The van der Waals surface area contributed by atoms with Crippen molar-refractivity contribution in [1.82, 2.24) is 4.90 Å². The van der Waals surface area contributed by atoms with Gasteiger partial charge >= 0.3 is 5.97 Å². The highest BCUT2D eigenvalue weighted by Gasteiger charge is 2.36. The molecule has 1 amide bonds. The quantitative estimate of drug-likeness (QED) is 0.753. The van der Waals surface area contributed by atoms with E-state index in [0.29, 0.717) is 0 Å². The van der Waals surface area contributed by atoms with Gasteiger partial charge in [-0.3, -0.25) is 9.69 Å². The summed E-state index contributed by atoms with van der Waals surface area (Å²) >= 11 is 0. The molecule has 1 aliphatic rings. The van der Waals surface area contributed by atoms with Gasteiger partial charge in [-0.05, 0) is 12.1 Å². The lowest BCUT2D eigenvalue weighted by atomic mass is 10.2. The highest BCUT2D eigenvalue weighted by atomic mass is 16.5. The lowest BCUT2D eigenvalue weighted by Gasteiger charge is -2.17. The van der Waals surface area contributed by atoms with Crippen molar-refractivity contribution in [1.29, 1.82) is 0 Å². The molecular weight excluding hydrogens is 202 g/mol. The van der Waals surface area contributed by atoms with Gasteiger partial charge in [-0.15, -0.1) is 0 Å². The Bertz CT molecular complexity index is 372. The Morgan fingerprint density at radius 3 is 2.93 bits per heavy atom. The lowest BCUT2D eigenvalue weighted by Crippen LogP contribution is -2.41. The number of carboxylic acid groups (broad SMARTS) is 1. The van der Waals surface area contributed by atoms with Crippen LogP contribution in [0, 0.1) is 0 Å². The van der Waals surface area contributed by atoms with Crippen molar-refractivity contribution in [3.63, 3.8) is 0 Å². The molecule has 2 heterocycles. The fourth-order valence-corrected chi connectivity index (χ4v) is 1.39. The van der Waals surface area contributed by atoms with Gasteiger partial charge in [-0.25, -0.2) is 4.79 Å². The molecule has 1 N–H and O–H groups in total. The first-order chi connectivity index (χ1) is 7.20. The van der Waals surface area contributed by atoms with E-state index in [1.165, 1.54) is 12.3 Å². The normalized spacial score (nSPS) is 20.5. The highest BCUT2D eigenvalue weighted by molar-refractivity contribution is 5.94. The predicted molar refractivity (Wildman–Crippen MR) is 47.1 cm³/mol. The zero-order chi connectivity index (χ0) is 10.8. The van der Waals surface area contributed by atoms with Crippen molar-refractivity contribution in [2.24, 2.45) is 0 Å². The number of nitrogens with zero attached hydrogens (tertiary/aromatic N) is 1. The van der Waals surface area contributed by atoms with Crippen LogP contribution in [0.25, 0.3) is 0 Å². The van der Waals surface area contributed by atoms with Gasteiger partial charge in [0.1, 0.15) is 6.73 Å². The Balaban J connectivity index is 2.17. The number of rotatable bonds is 2. The predicted octanol–water partition coefficient (Wildman–Crippen LogP) is 0.163. The number of furan rings is 1. The van der Waals surface area contributed by atoms with Crippen molar-refractivity contribution in [3.05, 3.63) is 24.2 Å². The van der Waals surface area contributed by atoms with Crippen molar-refractivity contribution < 1.29 is 23.8 Å². The number of amides is 1. The maximum atomic E-state index is 11.7. The molecule has 0 unspecified atom stereocenters. The molecule has 1 aromatic rings. The summed E-state index contributed by atoms with van der Waals surface area (Å²) in [5.41, 5.74) is 0. The van der Waals surface area contributed by atoms with Crippen LogP contribution < -0.4 is 0 Å². The van der Waals surface area contributed by atoms with E-state index in [1.54, 1.807) is 6.07 Å². The van der Waals surface area contributed by atoms with Crippen LogP contribution >= 0.6 is 0 Å². The second kappa shape index (κ2) is 3.74. The summed E-state index contributed by atoms with van der Waals surface area (Å²) in [6, 6.07) is 2.13. The molecule has 6 heteroatoms. The maximum absolute atomic E-state index is 11.7. The van der Waals surface area contributed by atoms with E-state index in [0.717, 1.165) is 4.90 Å². The molecule has 0 aromatic carbocycles. The molecule has 1 fully saturated rings. The number of hydrogen-bond donors (Lipinski definition) is 1. The van der Waals surface area contributed by atoms with Crippen molar-refractivity contribution >= 4 is 11.9 Å². The van der Waals surface area contributed by atoms with Gasteiger partial charge in [0.25, 0.3) is 5.91 Å². The zero-order valence-electron chi connectivity index (χ0n) is 7.75. The van der Waals surface area contributed by atoms with E-state index in [-0.39, 0.29) is 19.1 Å². The number of aliphatic carboxylic acids is 1. The molecule has 0 spiro atoms. The minimum atomic E-state index is -1.08. The molecular formula is C9H9NO5. The standard InChI is InChI=1S/C9H9NO5/c11-8(7-2-1-3-15-7)10-5-14-4-6(10)9(12)13/h1-3,6H,4-5H2,(H,12,13)/t6-/m0/s1. The van der Waals surface area contributed by atoms with Crippen LogP contribution in [0.5, 0.6) is 0 Å². The first kappa shape index (κ1) is 9.72. The molecule has 0 bridgehead atoms. The summed E-state index contributed by atoms with van der Waals surface area (Å²) in [7, 11) is 0. The molecule has 1 aromatic heterocycles. The number of carboxylic acids is 1. The van der Waals surface area contributed by atoms with Gasteiger partial charge < -0.3 is 14.3 Å². The summed E-state index contributed by atoms with van der Waals surface area (Å²) in [6.07, 6.45) is 1.36. The third-order valence-corrected chi connectivity index (χ3v) is 2.16. The third-order valence-electron chi connectivity index (χ3n) is 2.16. The summed E-state index contributed by atoms with van der Waals surface area (Å²) in [5, 5.41) is 8.83. The molecule has 0 saturated carbocycles. The van der Waals surface area contributed by atoms with Gasteiger partial charge in [-0.2, -0.15) is 0 Å². The molecule has 80 valence electrons. The van der Waals surface area contributed by atoms with Gasteiger partial charge in [-0.1, -0.05) is 0 Å². The second-order valence-corrected chi connectivity index (χ2v) is 3.11. The van der Waals surface area contributed by atoms with Gasteiger partial charge in [0.05, 0.1) is 12.9 Å². The van der Waals surface area contributed by atoms with Crippen molar-refractivity contribution in [2.75, 3.05) is 13.3 Å². The fraction of sp³-hybridized carbons (Fsp3) is 0.333. The molecule has 0 aliphatic carbocycles. The van der Waals surface area contributed by atoms with E-state index >= 15 is 0 Å². The Hall–Kier alpha value is -1.82. The summed E-state index contributed by atoms with van der Waals surface area (Å²) < 4.78 is 9.83. The van der Waals surface area contributed by atoms with Gasteiger partial charge in [0.2, 0.25) is 0 Å². The lowest BCUT2D eigenvalue weighted by molar-refractivity contribution is -0.141. The summed E-state index contributed by atoms with van der Waals surface area (Å²) in [4.78, 5) is 23.6. The van der Waals surface area contributed by atoms with Gasteiger partial charge in [0, 0.05) is 0 Å². The van der Waals surface area contributed by atoms with Crippen LogP contribution in [0.15, 0.2) is 22.8 Å². The summed E-state index contributed by atoms with van der Waals surface area (Å²) in [6.45, 7) is -0.00170. The smallest absolute Gasteiger partial charge is 0.328 e. The first-order valence-corrected chi connectivity index (χ1v) is 4.35. The highest BCUT2D eigenvalue weighted by Crippen LogP contribution is 2.14. The Labute approximate surface area is 85.0 Å². The molecule has 1 atom stereocenters. The monoisotopic (exact) mass is 211 g/mol. The Kier molecular flexibility index (Phi) is 2.42. The van der Waals surface area contributed by atoms with Crippen molar-refractivity contribution in [3.8, 4) is 0 Å². The molecule has 2 rings (SSSR count). The number of carbonyl (C=O) groups is 2. The third kappa shape index (κ3) is 1.71. The summed E-state index contributed by atoms with van der Waals surface area (Å²) in [5.74, 6) is -1.43. The first-order valence-electron chi connectivity index (χ1n) is 4.35. The second-order valence-electron chi connectivity index (χ2n) is 3.11. The largest absolute Gasteiger partial charge is 0.480 e. The molecule has 1 saturated heterocycles. The van der Waals surface area contributed by atoms with Crippen LogP contribution in [0.4, 0.5) is 0 Å². The molecule has 1 aliphatic heterocycles. The van der Waals surface area contributed by atoms with Crippen LogP contribution in [-0.4, -0.2) is 41.3 Å². The van der Waals surface area contributed by atoms with E-state index in [4.69, 9.17) is 14.3 Å². The van der Waals surface area contributed by atoms with E-state index < -0.39 is 17.9 Å². The van der Waals surface area contributed by atoms with Crippen molar-refractivity contribution in [2.45, 2.75) is 6.04 Å². The average molecular weight is 211 g/mol. The Morgan fingerprint density at radius 1 is 1.53 bits per heavy atom. The minimum Gasteiger partial charge on any atom is -0.480 e.